The SMILES string of the molecule is O=C(O)C1CCCN1C(c1ccsc1)c1cnc2ccccc2c1. The van der Waals surface area contributed by atoms with Gasteiger partial charge in [-0.3, -0.25) is 14.7 Å². The number of thiophene rings is 1. The molecule has 122 valence electrons. The quantitative estimate of drug-likeness (QED) is 0.783. The van der Waals surface area contributed by atoms with Crippen molar-refractivity contribution >= 4 is 28.2 Å². The van der Waals surface area contributed by atoms with Gasteiger partial charge in [0.05, 0.1) is 11.6 Å². The lowest BCUT2D eigenvalue weighted by Crippen LogP contribution is -2.39. The van der Waals surface area contributed by atoms with Crippen LogP contribution in [0.4, 0.5) is 0 Å². The molecule has 1 fully saturated rings. The second-order valence-electron chi connectivity index (χ2n) is 6.15. The van der Waals surface area contributed by atoms with Gasteiger partial charge in [-0.05, 0) is 52.9 Å². The average Bonchev–Trinajstić information content (AvgIpc) is 3.27. The molecule has 0 spiro atoms. The first-order valence-corrected chi connectivity index (χ1v) is 9.03. The van der Waals surface area contributed by atoms with Crippen molar-refractivity contribution in [2.24, 2.45) is 0 Å². The Morgan fingerprint density at radius 1 is 1.29 bits per heavy atom. The standard InChI is InChI=1S/C19H18N2O2S/c22-19(23)17-6-3-8-21(17)18(14-7-9-24-12-14)15-10-13-4-1-2-5-16(13)20-11-15/h1-2,4-5,7,9-12,17-18H,3,6,8H2,(H,22,23). The van der Waals surface area contributed by atoms with Crippen molar-refractivity contribution in [2.75, 3.05) is 6.54 Å². The molecule has 5 heteroatoms. The normalized spacial score (nSPS) is 19.6. The maximum Gasteiger partial charge on any atom is 0.320 e. The van der Waals surface area contributed by atoms with E-state index >= 15 is 0 Å². The fraction of sp³-hybridized carbons (Fsp3) is 0.263. The molecular weight excluding hydrogens is 320 g/mol. The summed E-state index contributed by atoms with van der Waals surface area (Å²) in [6.07, 6.45) is 3.51. The molecule has 1 N–H and O–H groups in total. The van der Waals surface area contributed by atoms with Gasteiger partial charge in [0.1, 0.15) is 6.04 Å². The lowest BCUT2D eigenvalue weighted by Gasteiger charge is -2.31. The predicted molar refractivity (Wildman–Crippen MR) is 95.3 cm³/mol. The zero-order chi connectivity index (χ0) is 16.5. The number of carbonyl (C=O) groups is 1. The summed E-state index contributed by atoms with van der Waals surface area (Å²) < 4.78 is 0. The highest BCUT2D eigenvalue weighted by Gasteiger charge is 2.37. The van der Waals surface area contributed by atoms with Gasteiger partial charge in [0.25, 0.3) is 0 Å². The Hall–Kier alpha value is -2.24. The number of pyridine rings is 1. The third-order valence-electron chi connectivity index (χ3n) is 4.70. The number of carboxylic acids is 1. The van der Waals surface area contributed by atoms with E-state index in [4.69, 9.17) is 0 Å². The fourth-order valence-electron chi connectivity index (χ4n) is 3.61. The third kappa shape index (κ3) is 2.70. The summed E-state index contributed by atoms with van der Waals surface area (Å²) in [6.45, 7) is 0.796. The number of fused-ring (bicyclic) bond motifs is 1. The average molecular weight is 338 g/mol. The summed E-state index contributed by atoms with van der Waals surface area (Å²) in [6, 6.07) is 11.8. The number of aliphatic carboxylic acids is 1. The lowest BCUT2D eigenvalue weighted by molar-refractivity contribution is -0.142. The predicted octanol–water partition coefficient (Wildman–Crippen LogP) is 3.93. The van der Waals surface area contributed by atoms with Gasteiger partial charge >= 0.3 is 5.97 Å². The van der Waals surface area contributed by atoms with E-state index < -0.39 is 12.0 Å². The number of para-hydroxylation sites is 1. The Balaban J connectivity index is 1.81. The number of likely N-dealkylation sites (tertiary alicyclic amines) is 1. The molecule has 0 bridgehead atoms. The molecule has 4 nitrogen and oxygen atoms in total. The van der Waals surface area contributed by atoms with E-state index in [1.807, 2.05) is 29.8 Å². The Bertz CT molecular complexity index is 863. The number of hydrogen-bond donors (Lipinski definition) is 1. The van der Waals surface area contributed by atoms with Gasteiger partial charge in [0.15, 0.2) is 0 Å². The van der Waals surface area contributed by atoms with E-state index in [-0.39, 0.29) is 6.04 Å². The molecular formula is C19H18N2O2S. The molecule has 3 heterocycles. The third-order valence-corrected chi connectivity index (χ3v) is 5.40. The van der Waals surface area contributed by atoms with Crippen LogP contribution in [-0.2, 0) is 4.79 Å². The van der Waals surface area contributed by atoms with Crippen LogP contribution in [-0.4, -0.2) is 33.5 Å². The van der Waals surface area contributed by atoms with Crippen LogP contribution in [0.1, 0.15) is 30.0 Å². The summed E-state index contributed by atoms with van der Waals surface area (Å²) in [5.74, 6) is -0.735. The zero-order valence-electron chi connectivity index (χ0n) is 13.1. The molecule has 2 unspecified atom stereocenters. The molecule has 0 aliphatic carbocycles. The molecule has 1 saturated heterocycles. The van der Waals surface area contributed by atoms with Gasteiger partial charge < -0.3 is 5.11 Å². The minimum absolute atomic E-state index is 0.0584. The molecule has 1 aromatic carbocycles. The summed E-state index contributed by atoms with van der Waals surface area (Å²) in [4.78, 5) is 18.4. The maximum absolute atomic E-state index is 11.7. The van der Waals surface area contributed by atoms with Crippen molar-refractivity contribution in [2.45, 2.75) is 24.9 Å². The van der Waals surface area contributed by atoms with E-state index in [9.17, 15) is 9.90 Å². The number of hydrogen-bond acceptors (Lipinski definition) is 4. The minimum Gasteiger partial charge on any atom is -0.480 e. The first-order valence-electron chi connectivity index (χ1n) is 8.09. The van der Waals surface area contributed by atoms with Crippen LogP contribution in [0.3, 0.4) is 0 Å². The first-order chi connectivity index (χ1) is 11.7. The Kier molecular flexibility index (Phi) is 4.04. The van der Waals surface area contributed by atoms with Crippen molar-refractivity contribution < 1.29 is 9.90 Å². The van der Waals surface area contributed by atoms with Crippen molar-refractivity contribution in [3.63, 3.8) is 0 Å². The Morgan fingerprint density at radius 3 is 2.96 bits per heavy atom. The van der Waals surface area contributed by atoms with Crippen LogP contribution in [0.15, 0.2) is 53.4 Å². The molecule has 0 saturated carbocycles. The van der Waals surface area contributed by atoms with Gasteiger partial charge in [-0.15, -0.1) is 0 Å². The second-order valence-corrected chi connectivity index (χ2v) is 6.93. The lowest BCUT2D eigenvalue weighted by atomic mass is 9.98. The molecule has 4 rings (SSSR count). The van der Waals surface area contributed by atoms with E-state index in [1.165, 1.54) is 0 Å². The van der Waals surface area contributed by atoms with Gasteiger partial charge in [0.2, 0.25) is 0 Å². The van der Waals surface area contributed by atoms with Gasteiger partial charge in [-0.2, -0.15) is 11.3 Å². The van der Waals surface area contributed by atoms with Crippen molar-refractivity contribution in [1.82, 2.24) is 9.88 Å². The summed E-state index contributed by atoms with van der Waals surface area (Å²) in [5.41, 5.74) is 3.16. The zero-order valence-corrected chi connectivity index (χ0v) is 13.9. The molecule has 0 amide bonds. The second kappa shape index (κ2) is 6.34. The van der Waals surface area contributed by atoms with Gasteiger partial charge in [0, 0.05) is 18.1 Å². The van der Waals surface area contributed by atoms with E-state index in [2.05, 4.69) is 33.5 Å². The molecule has 0 radical (unpaired) electrons. The highest BCUT2D eigenvalue weighted by molar-refractivity contribution is 7.08. The summed E-state index contributed by atoms with van der Waals surface area (Å²) >= 11 is 1.64. The Labute approximate surface area is 144 Å². The fourth-order valence-corrected chi connectivity index (χ4v) is 4.29. The molecule has 3 aromatic rings. The van der Waals surface area contributed by atoms with E-state index in [1.54, 1.807) is 11.3 Å². The van der Waals surface area contributed by atoms with Crippen LogP contribution < -0.4 is 0 Å². The minimum atomic E-state index is -0.735. The highest BCUT2D eigenvalue weighted by atomic mass is 32.1. The van der Waals surface area contributed by atoms with E-state index in [0.29, 0.717) is 6.42 Å². The molecule has 1 aliphatic heterocycles. The van der Waals surface area contributed by atoms with Crippen LogP contribution >= 0.6 is 11.3 Å². The molecule has 2 atom stereocenters. The molecule has 2 aromatic heterocycles. The Morgan fingerprint density at radius 2 is 2.17 bits per heavy atom. The maximum atomic E-state index is 11.7. The van der Waals surface area contributed by atoms with Crippen LogP contribution in [0.2, 0.25) is 0 Å². The number of benzene rings is 1. The monoisotopic (exact) mass is 338 g/mol. The molecule has 24 heavy (non-hydrogen) atoms. The smallest absolute Gasteiger partial charge is 0.320 e. The number of aromatic nitrogens is 1. The van der Waals surface area contributed by atoms with Crippen LogP contribution in [0.25, 0.3) is 10.9 Å². The van der Waals surface area contributed by atoms with Crippen molar-refractivity contribution in [3.05, 3.63) is 64.5 Å². The molecule has 1 aliphatic rings. The van der Waals surface area contributed by atoms with E-state index in [0.717, 1.165) is 35.0 Å². The van der Waals surface area contributed by atoms with Gasteiger partial charge in [-0.1, -0.05) is 18.2 Å². The topological polar surface area (TPSA) is 53.4 Å². The van der Waals surface area contributed by atoms with Crippen molar-refractivity contribution in [1.29, 1.82) is 0 Å². The first kappa shape index (κ1) is 15.3. The van der Waals surface area contributed by atoms with Crippen LogP contribution in [0.5, 0.6) is 0 Å². The summed E-state index contributed by atoms with van der Waals surface area (Å²) in [7, 11) is 0. The van der Waals surface area contributed by atoms with Crippen molar-refractivity contribution in [3.8, 4) is 0 Å². The largest absolute Gasteiger partial charge is 0.480 e. The number of carboxylic acid groups (broad SMARTS) is 1. The van der Waals surface area contributed by atoms with Crippen LogP contribution in [0, 0.1) is 0 Å². The number of nitrogens with zero attached hydrogens (tertiary/aromatic N) is 2. The number of rotatable bonds is 4. The highest BCUT2D eigenvalue weighted by Crippen LogP contribution is 2.36. The van der Waals surface area contributed by atoms with Gasteiger partial charge in [-0.25, -0.2) is 0 Å². The summed E-state index contributed by atoms with van der Waals surface area (Å²) in [5, 5.41) is 14.8.